The lowest BCUT2D eigenvalue weighted by molar-refractivity contribution is 0.102. The zero-order valence-electron chi connectivity index (χ0n) is 6.82. The molecule has 0 saturated heterocycles. The molecule has 65 valence electrons. The van der Waals surface area contributed by atoms with Crippen LogP contribution >= 0.6 is 0 Å². The molecule has 0 bridgehead atoms. The molecule has 0 fully saturated rings. The Morgan fingerprint density at radius 1 is 1.15 bits per heavy atom. The summed E-state index contributed by atoms with van der Waals surface area (Å²) >= 11 is 0. The van der Waals surface area contributed by atoms with E-state index in [1.807, 2.05) is 0 Å². The highest BCUT2D eigenvalue weighted by Gasteiger charge is 2.23. The van der Waals surface area contributed by atoms with Gasteiger partial charge in [-0.2, -0.15) is 0 Å². The van der Waals surface area contributed by atoms with Gasteiger partial charge >= 0.3 is 0 Å². The van der Waals surface area contributed by atoms with Crippen LogP contribution in [0.15, 0.2) is 36.0 Å². The summed E-state index contributed by atoms with van der Waals surface area (Å²) < 4.78 is 0. The molecule has 0 aromatic heterocycles. The largest absolute Gasteiger partial charge is 0.396 e. The number of fused-ring (bicyclic) bond motifs is 1. The predicted molar refractivity (Wildman–Crippen MR) is 47.3 cm³/mol. The van der Waals surface area contributed by atoms with Crippen molar-refractivity contribution in [2.45, 2.75) is 0 Å². The summed E-state index contributed by atoms with van der Waals surface area (Å²) in [5.74, 6) is -0.228. The lowest BCUT2D eigenvalue weighted by Crippen LogP contribution is -2.20. The molecule has 13 heavy (non-hydrogen) atoms. The fraction of sp³-hybridized carbons (Fsp3) is 0. The van der Waals surface area contributed by atoms with E-state index in [1.54, 1.807) is 24.3 Å². The van der Waals surface area contributed by atoms with Crippen LogP contribution in [0.4, 0.5) is 0 Å². The highest BCUT2D eigenvalue weighted by Crippen LogP contribution is 2.25. The number of hydrogen-bond acceptors (Lipinski definition) is 3. The Morgan fingerprint density at radius 3 is 2.46 bits per heavy atom. The maximum Gasteiger partial charge on any atom is 0.208 e. The number of aliphatic hydroxyl groups excluding tert-OH is 1. The van der Waals surface area contributed by atoms with Crippen molar-refractivity contribution in [1.82, 2.24) is 0 Å². The Morgan fingerprint density at radius 2 is 1.77 bits per heavy atom. The van der Waals surface area contributed by atoms with E-state index in [0.29, 0.717) is 11.1 Å². The topological polar surface area (TPSA) is 63.3 Å². The van der Waals surface area contributed by atoms with E-state index in [4.69, 9.17) is 5.73 Å². The summed E-state index contributed by atoms with van der Waals surface area (Å²) in [5, 5.41) is 9.46. The number of Topliss-reactive ketones (excluding diaryl/α,β-unsaturated/α-hetero) is 1. The van der Waals surface area contributed by atoms with Gasteiger partial charge in [-0.15, -0.1) is 0 Å². The lowest BCUT2D eigenvalue weighted by Gasteiger charge is -2.16. The highest BCUT2D eigenvalue weighted by atomic mass is 16.3. The van der Waals surface area contributed by atoms with Gasteiger partial charge in [-0.1, -0.05) is 24.3 Å². The maximum atomic E-state index is 11.4. The second-order valence-electron chi connectivity index (χ2n) is 2.86. The number of benzene rings is 1. The van der Waals surface area contributed by atoms with Gasteiger partial charge in [0.15, 0.2) is 0 Å². The molecule has 3 N–H and O–H groups in total. The van der Waals surface area contributed by atoms with Crippen molar-refractivity contribution in [2.75, 3.05) is 0 Å². The first-order valence-electron chi connectivity index (χ1n) is 3.87. The van der Waals surface area contributed by atoms with Gasteiger partial charge in [0.25, 0.3) is 0 Å². The first-order chi connectivity index (χ1) is 6.20. The molecule has 1 aliphatic rings. The van der Waals surface area contributed by atoms with Crippen LogP contribution < -0.4 is 5.73 Å². The smallest absolute Gasteiger partial charge is 0.208 e. The van der Waals surface area contributed by atoms with Gasteiger partial charge in [-0.25, -0.2) is 0 Å². The van der Waals surface area contributed by atoms with Crippen molar-refractivity contribution in [3.8, 4) is 0 Å². The van der Waals surface area contributed by atoms with Crippen LogP contribution in [0.5, 0.6) is 0 Å². The third-order valence-electron chi connectivity index (χ3n) is 2.00. The summed E-state index contributed by atoms with van der Waals surface area (Å²) in [5.41, 5.74) is 6.50. The van der Waals surface area contributed by atoms with E-state index in [0.717, 1.165) is 0 Å². The van der Waals surface area contributed by atoms with Crippen LogP contribution in [0.25, 0.3) is 0 Å². The Bertz CT molecular complexity index is 396. The SMILES string of the molecule is NC1=C[C](O)c2ccccc2C1=O. The Hall–Kier alpha value is -1.61. The number of aliphatic hydroxyl groups is 1. The van der Waals surface area contributed by atoms with Crippen LogP contribution in [0.1, 0.15) is 15.9 Å². The second kappa shape index (κ2) is 2.71. The van der Waals surface area contributed by atoms with Crippen LogP contribution in [-0.2, 0) is 0 Å². The van der Waals surface area contributed by atoms with Crippen LogP contribution in [0, 0.1) is 6.10 Å². The molecule has 0 spiro atoms. The van der Waals surface area contributed by atoms with Gasteiger partial charge in [-0.3, -0.25) is 4.79 Å². The van der Waals surface area contributed by atoms with Crippen molar-refractivity contribution < 1.29 is 9.90 Å². The number of ketones is 1. The van der Waals surface area contributed by atoms with Gasteiger partial charge in [0.2, 0.25) is 5.78 Å². The Kier molecular flexibility index (Phi) is 1.67. The summed E-state index contributed by atoms with van der Waals surface area (Å²) in [4.78, 5) is 11.4. The first kappa shape index (κ1) is 8.01. The van der Waals surface area contributed by atoms with E-state index in [1.165, 1.54) is 6.08 Å². The minimum absolute atomic E-state index is 0.0488. The Labute approximate surface area is 75.5 Å². The normalized spacial score (nSPS) is 16.7. The fourth-order valence-corrected chi connectivity index (χ4v) is 1.35. The van der Waals surface area contributed by atoms with Crippen molar-refractivity contribution in [3.63, 3.8) is 0 Å². The van der Waals surface area contributed by atoms with Gasteiger partial charge < -0.3 is 10.8 Å². The molecule has 3 heteroatoms. The molecule has 2 rings (SSSR count). The van der Waals surface area contributed by atoms with Crippen molar-refractivity contribution in [3.05, 3.63) is 53.3 Å². The third kappa shape index (κ3) is 1.13. The quantitative estimate of drug-likeness (QED) is 0.616. The summed E-state index contributed by atoms with van der Waals surface area (Å²) in [6, 6.07) is 6.83. The molecule has 0 aliphatic heterocycles. The molecule has 1 aromatic carbocycles. The summed E-state index contributed by atoms with van der Waals surface area (Å²) in [7, 11) is 0. The fourth-order valence-electron chi connectivity index (χ4n) is 1.35. The zero-order valence-corrected chi connectivity index (χ0v) is 6.82. The molecule has 0 amide bonds. The molecule has 1 aromatic rings. The molecule has 0 atom stereocenters. The summed E-state index contributed by atoms with van der Waals surface area (Å²) in [6.07, 6.45) is 1.33. The number of nitrogens with two attached hydrogens (primary N) is 1. The number of rotatable bonds is 0. The number of allylic oxidation sites excluding steroid dienone is 1. The zero-order chi connectivity index (χ0) is 9.42. The van der Waals surface area contributed by atoms with E-state index in [9.17, 15) is 9.90 Å². The molecular weight excluding hydrogens is 166 g/mol. The van der Waals surface area contributed by atoms with Crippen molar-refractivity contribution in [1.29, 1.82) is 0 Å². The molecule has 0 heterocycles. The molecule has 0 unspecified atom stereocenters. The second-order valence-corrected chi connectivity index (χ2v) is 2.86. The van der Waals surface area contributed by atoms with E-state index in [-0.39, 0.29) is 17.6 Å². The third-order valence-corrected chi connectivity index (χ3v) is 2.00. The van der Waals surface area contributed by atoms with Gasteiger partial charge in [0, 0.05) is 11.1 Å². The molecule has 1 radical (unpaired) electrons. The van der Waals surface area contributed by atoms with Crippen LogP contribution in [-0.4, -0.2) is 10.9 Å². The number of carbonyl (C=O) groups excluding carboxylic acids is 1. The Balaban J connectivity index is 2.62. The van der Waals surface area contributed by atoms with Gasteiger partial charge in [0.1, 0.15) is 6.10 Å². The minimum Gasteiger partial charge on any atom is -0.396 e. The molecule has 1 aliphatic carbocycles. The molecule has 3 nitrogen and oxygen atoms in total. The highest BCUT2D eigenvalue weighted by molar-refractivity contribution is 6.11. The van der Waals surface area contributed by atoms with Crippen LogP contribution in [0.3, 0.4) is 0 Å². The maximum absolute atomic E-state index is 11.4. The molecule has 0 saturated carbocycles. The van der Waals surface area contributed by atoms with Gasteiger partial charge in [-0.05, 0) is 6.08 Å². The molecular formula is C10H8NO2. The van der Waals surface area contributed by atoms with Crippen LogP contribution in [0.2, 0.25) is 0 Å². The van der Waals surface area contributed by atoms with E-state index in [2.05, 4.69) is 0 Å². The number of carbonyl (C=O) groups is 1. The monoisotopic (exact) mass is 174 g/mol. The number of hydrogen-bond donors (Lipinski definition) is 2. The standard InChI is InChI=1S/C10H8NO2/c11-8-5-9(12)6-3-1-2-4-7(6)10(8)13/h1-5,12H,11H2. The lowest BCUT2D eigenvalue weighted by atomic mass is 9.92. The predicted octanol–water partition coefficient (Wildman–Crippen LogP) is 0.978. The summed E-state index contributed by atoms with van der Waals surface area (Å²) in [6.45, 7) is 0. The van der Waals surface area contributed by atoms with Crippen molar-refractivity contribution >= 4 is 5.78 Å². The van der Waals surface area contributed by atoms with Crippen molar-refractivity contribution in [2.24, 2.45) is 5.73 Å². The van der Waals surface area contributed by atoms with Gasteiger partial charge in [0.05, 0.1) is 5.70 Å². The average molecular weight is 174 g/mol. The average Bonchev–Trinajstić information content (AvgIpc) is 2.15. The first-order valence-corrected chi connectivity index (χ1v) is 3.87. The van der Waals surface area contributed by atoms with E-state index < -0.39 is 0 Å². The van der Waals surface area contributed by atoms with E-state index >= 15 is 0 Å². The minimum atomic E-state index is -0.228.